The Morgan fingerprint density at radius 2 is 1.77 bits per heavy atom. The van der Waals surface area contributed by atoms with E-state index in [-0.39, 0.29) is 6.42 Å². The molecule has 0 aliphatic heterocycles. The number of carboxylic acids is 1. The Morgan fingerprint density at radius 3 is 2.31 bits per heavy atom. The number of nitrogens with one attached hydrogen (secondary N) is 1. The van der Waals surface area contributed by atoms with E-state index in [0.29, 0.717) is 16.9 Å². The number of aliphatic carboxylic acids is 1. The molecule has 0 saturated carbocycles. The number of halogens is 1. The Balaban J connectivity index is 2.06. The number of hydrogen-bond donors (Lipinski definition) is 2. The molecule has 0 bridgehead atoms. The highest BCUT2D eigenvalue weighted by Crippen LogP contribution is 2.14. The van der Waals surface area contributed by atoms with E-state index in [1.54, 1.807) is 48.5 Å². The van der Waals surface area contributed by atoms with Gasteiger partial charge in [0.25, 0.3) is 5.91 Å². The third-order valence-corrected chi connectivity index (χ3v) is 3.79. The topological polar surface area (TPSA) is 75.6 Å². The number of ether oxygens (including phenoxy) is 1. The molecule has 2 aromatic carbocycles. The summed E-state index contributed by atoms with van der Waals surface area (Å²) in [7, 11) is 1.53. The molecule has 0 spiro atoms. The summed E-state index contributed by atoms with van der Waals surface area (Å²) in [4.78, 5) is 23.4. The van der Waals surface area contributed by atoms with Crippen molar-refractivity contribution in [3.63, 3.8) is 0 Å². The summed E-state index contributed by atoms with van der Waals surface area (Å²) in [5, 5.41) is 11.5. The number of amides is 1. The molecule has 0 unspecified atom stereocenters. The van der Waals surface area contributed by atoms with Crippen molar-refractivity contribution >= 4 is 18.0 Å². The Hall–Kier alpha value is -3.15. The molecule has 6 heteroatoms. The van der Waals surface area contributed by atoms with E-state index in [9.17, 15) is 19.1 Å². The number of carboxylic acid groups (broad SMARTS) is 1. The first-order chi connectivity index (χ1) is 12.4. The van der Waals surface area contributed by atoms with Gasteiger partial charge in [0.1, 0.15) is 11.8 Å². The molecule has 0 aliphatic rings. The Labute approximate surface area is 151 Å². The highest BCUT2D eigenvalue weighted by Gasteiger charge is 2.22. The number of aryl methyl sites for hydroxylation is 1. The summed E-state index contributed by atoms with van der Waals surface area (Å²) in [6.45, 7) is 1.90. The number of benzene rings is 2. The number of carbonyl (C=O) groups excluding carboxylic acids is 1. The van der Waals surface area contributed by atoms with Gasteiger partial charge in [-0.1, -0.05) is 42.0 Å². The van der Waals surface area contributed by atoms with Gasteiger partial charge in [-0.25, -0.2) is 9.18 Å². The van der Waals surface area contributed by atoms with Gasteiger partial charge in [-0.15, -0.1) is 0 Å². The van der Waals surface area contributed by atoms with E-state index in [4.69, 9.17) is 4.74 Å². The van der Waals surface area contributed by atoms with Crippen LogP contribution in [0.4, 0.5) is 4.39 Å². The van der Waals surface area contributed by atoms with Crippen LogP contribution in [0.1, 0.15) is 16.7 Å². The average molecular weight is 357 g/mol. The molecule has 5 nitrogen and oxygen atoms in total. The van der Waals surface area contributed by atoms with Gasteiger partial charge in [0, 0.05) is 6.42 Å². The van der Waals surface area contributed by atoms with Crippen LogP contribution < -0.4 is 10.1 Å². The van der Waals surface area contributed by atoms with Gasteiger partial charge < -0.3 is 15.2 Å². The van der Waals surface area contributed by atoms with Gasteiger partial charge in [0.15, 0.2) is 5.83 Å². The van der Waals surface area contributed by atoms with Gasteiger partial charge in [-0.3, -0.25) is 4.79 Å². The average Bonchev–Trinajstić information content (AvgIpc) is 2.63. The van der Waals surface area contributed by atoms with Crippen LogP contribution in [0.3, 0.4) is 0 Å². The zero-order valence-electron chi connectivity index (χ0n) is 14.5. The number of rotatable bonds is 7. The first kappa shape index (κ1) is 19.2. The van der Waals surface area contributed by atoms with Crippen molar-refractivity contribution < 1.29 is 23.8 Å². The fraction of sp³-hybridized carbons (Fsp3) is 0.200. The van der Waals surface area contributed by atoms with Crippen molar-refractivity contribution in [2.24, 2.45) is 0 Å². The van der Waals surface area contributed by atoms with Crippen LogP contribution >= 0.6 is 0 Å². The highest BCUT2D eigenvalue weighted by atomic mass is 19.1. The second-order valence-electron chi connectivity index (χ2n) is 5.82. The summed E-state index contributed by atoms with van der Waals surface area (Å²) >= 11 is 0. The van der Waals surface area contributed by atoms with Crippen molar-refractivity contribution in [3.8, 4) is 5.75 Å². The van der Waals surface area contributed by atoms with Crippen molar-refractivity contribution in [2.75, 3.05) is 7.11 Å². The lowest BCUT2D eigenvalue weighted by molar-refractivity contribution is -0.141. The predicted molar refractivity (Wildman–Crippen MR) is 96.5 cm³/mol. The van der Waals surface area contributed by atoms with Crippen LogP contribution in [0.15, 0.2) is 54.4 Å². The van der Waals surface area contributed by atoms with Crippen molar-refractivity contribution in [3.05, 3.63) is 71.0 Å². The van der Waals surface area contributed by atoms with Crippen molar-refractivity contribution in [1.29, 1.82) is 0 Å². The molecule has 1 amide bonds. The summed E-state index contributed by atoms with van der Waals surface area (Å²) < 4.78 is 19.1. The second-order valence-corrected chi connectivity index (χ2v) is 5.82. The van der Waals surface area contributed by atoms with E-state index in [0.717, 1.165) is 11.6 Å². The SMILES string of the molecule is COc1ccc(C[C@H](NC(=O)C(F)=Cc2ccc(C)cc2)C(=O)O)cc1. The summed E-state index contributed by atoms with van der Waals surface area (Å²) in [5.41, 5.74) is 2.21. The molecule has 26 heavy (non-hydrogen) atoms. The van der Waals surface area contributed by atoms with Crippen LogP contribution in [-0.4, -0.2) is 30.1 Å². The van der Waals surface area contributed by atoms with E-state index >= 15 is 0 Å². The third-order valence-electron chi connectivity index (χ3n) is 3.79. The van der Waals surface area contributed by atoms with Crippen LogP contribution in [-0.2, 0) is 16.0 Å². The zero-order valence-corrected chi connectivity index (χ0v) is 14.5. The lowest BCUT2D eigenvalue weighted by atomic mass is 10.1. The fourth-order valence-electron chi connectivity index (χ4n) is 2.30. The van der Waals surface area contributed by atoms with Crippen LogP contribution in [0.2, 0.25) is 0 Å². The summed E-state index contributed by atoms with van der Waals surface area (Å²) in [6.07, 6.45) is 1.10. The van der Waals surface area contributed by atoms with Crippen LogP contribution in [0, 0.1) is 6.92 Å². The van der Waals surface area contributed by atoms with Gasteiger partial charge >= 0.3 is 5.97 Å². The maximum Gasteiger partial charge on any atom is 0.326 e. The minimum absolute atomic E-state index is 0.0306. The smallest absolute Gasteiger partial charge is 0.326 e. The fourth-order valence-corrected chi connectivity index (χ4v) is 2.30. The Morgan fingerprint density at radius 1 is 1.15 bits per heavy atom. The lowest BCUT2D eigenvalue weighted by Gasteiger charge is -2.14. The molecular weight excluding hydrogens is 337 g/mol. The first-order valence-corrected chi connectivity index (χ1v) is 7.99. The van der Waals surface area contributed by atoms with Gasteiger partial charge in [0.2, 0.25) is 0 Å². The van der Waals surface area contributed by atoms with E-state index < -0.39 is 23.7 Å². The predicted octanol–water partition coefficient (Wildman–Crippen LogP) is 3.13. The maximum absolute atomic E-state index is 14.1. The molecule has 0 fully saturated rings. The summed E-state index contributed by atoms with van der Waals surface area (Å²) in [6, 6.07) is 12.5. The number of carbonyl (C=O) groups is 2. The lowest BCUT2D eigenvalue weighted by Crippen LogP contribution is -2.42. The second kappa shape index (κ2) is 8.80. The molecule has 1 atom stereocenters. The molecule has 136 valence electrons. The van der Waals surface area contributed by atoms with E-state index in [2.05, 4.69) is 5.32 Å². The molecule has 0 heterocycles. The minimum atomic E-state index is -1.24. The molecule has 0 aliphatic carbocycles. The standard InChI is InChI=1S/C20H20FNO4/c1-13-3-5-14(6-4-13)11-17(21)19(23)22-18(20(24)25)12-15-7-9-16(26-2)10-8-15/h3-11,18H,12H2,1-2H3,(H,22,23)(H,24,25)/t18-/m0/s1. The van der Waals surface area contributed by atoms with Gasteiger partial charge in [0.05, 0.1) is 7.11 Å². The number of hydrogen-bond acceptors (Lipinski definition) is 3. The first-order valence-electron chi connectivity index (χ1n) is 7.99. The van der Waals surface area contributed by atoms with Crippen LogP contribution in [0.5, 0.6) is 5.75 Å². The van der Waals surface area contributed by atoms with Gasteiger partial charge in [-0.05, 0) is 36.3 Å². The summed E-state index contributed by atoms with van der Waals surface area (Å²) in [5.74, 6) is -2.71. The molecule has 0 saturated heterocycles. The number of methoxy groups -OCH3 is 1. The zero-order chi connectivity index (χ0) is 19.1. The normalized spacial score (nSPS) is 12.3. The Kier molecular flexibility index (Phi) is 6.49. The minimum Gasteiger partial charge on any atom is -0.497 e. The van der Waals surface area contributed by atoms with Crippen molar-refractivity contribution in [1.82, 2.24) is 5.32 Å². The molecule has 2 aromatic rings. The Bertz CT molecular complexity index is 798. The monoisotopic (exact) mass is 357 g/mol. The molecule has 2 N–H and O–H groups in total. The van der Waals surface area contributed by atoms with Crippen molar-refractivity contribution in [2.45, 2.75) is 19.4 Å². The van der Waals surface area contributed by atoms with Gasteiger partial charge in [-0.2, -0.15) is 0 Å². The molecular formula is C20H20FNO4. The quantitative estimate of drug-likeness (QED) is 0.747. The highest BCUT2D eigenvalue weighted by molar-refractivity contribution is 5.97. The third kappa shape index (κ3) is 5.44. The largest absolute Gasteiger partial charge is 0.497 e. The van der Waals surface area contributed by atoms with E-state index in [1.807, 2.05) is 6.92 Å². The van der Waals surface area contributed by atoms with Crippen LogP contribution in [0.25, 0.3) is 6.08 Å². The molecule has 2 rings (SSSR count). The molecule has 0 aromatic heterocycles. The maximum atomic E-state index is 14.1. The van der Waals surface area contributed by atoms with E-state index in [1.165, 1.54) is 7.11 Å². The molecule has 0 radical (unpaired) electrons.